The number of nitrogens with zero attached hydrogens (tertiary/aromatic N) is 2. The number of aromatic nitrogens is 1. The van der Waals surface area contributed by atoms with Crippen LogP contribution in [-0.2, 0) is 16.6 Å². The van der Waals surface area contributed by atoms with Crippen LogP contribution in [0.15, 0.2) is 69.5 Å². The van der Waals surface area contributed by atoms with E-state index in [4.69, 9.17) is 0 Å². The maximum atomic E-state index is 13.4. The highest BCUT2D eigenvalue weighted by Crippen LogP contribution is 2.28. The molecule has 0 aliphatic heterocycles. The van der Waals surface area contributed by atoms with Gasteiger partial charge in [0.05, 0.1) is 15.9 Å². The predicted molar refractivity (Wildman–Crippen MR) is 96.0 cm³/mol. The van der Waals surface area contributed by atoms with Gasteiger partial charge < -0.3 is 0 Å². The van der Waals surface area contributed by atoms with Crippen LogP contribution in [0.2, 0.25) is 0 Å². The summed E-state index contributed by atoms with van der Waals surface area (Å²) in [4.78, 5) is 4.31. The first-order chi connectivity index (χ1) is 11.5. The van der Waals surface area contributed by atoms with Gasteiger partial charge in [0, 0.05) is 11.6 Å². The van der Waals surface area contributed by atoms with Crippen molar-refractivity contribution < 1.29 is 12.8 Å². The van der Waals surface area contributed by atoms with E-state index in [2.05, 4.69) is 20.9 Å². The van der Waals surface area contributed by atoms with Gasteiger partial charge in [0.2, 0.25) is 0 Å². The van der Waals surface area contributed by atoms with E-state index in [1.165, 1.54) is 33.8 Å². The van der Waals surface area contributed by atoms with Crippen molar-refractivity contribution in [3.8, 4) is 0 Å². The lowest BCUT2D eigenvalue weighted by Crippen LogP contribution is -2.30. The molecule has 0 N–H and O–H groups in total. The Kier molecular flexibility index (Phi) is 4.98. The highest BCUT2D eigenvalue weighted by molar-refractivity contribution is 9.10. The van der Waals surface area contributed by atoms with Crippen molar-refractivity contribution in [1.29, 1.82) is 0 Å². The first kappa shape index (κ1) is 17.1. The molecule has 8 heteroatoms. The van der Waals surface area contributed by atoms with Gasteiger partial charge in [-0.15, -0.1) is 11.3 Å². The summed E-state index contributed by atoms with van der Waals surface area (Å²) >= 11 is 4.35. The van der Waals surface area contributed by atoms with E-state index in [1.54, 1.807) is 41.9 Å². The van der Waals surface area contributed by atoms with E-state index in [0.29, 0.717) is 10.7 Å². The van der Waals surface area contributed by atoms with Gasteiger partial charge in [-0.2, -0.15) is 0 Å². The molecule has 0 unspecified atom stereocenters. The summed E-state index contributed by atoms with van der Waals surface area (Å²) in [6.45, 7) is 0.0591. The van der Waals surface area contributed by atoms with Gasteiger partial charge in [-0.05, 0) is 45.8 Å². The fourth-order valence-corrected chi connectivity index (χ4v) is 4.84. The van der Waals surface area contributed by atoms with Crippen LogP contribution in [0.3, 0.4) is 0 Å². The third kappa shape index (κ3) is 3.50. The Morgan fingerprint density at radius 3 is 2.54 bits per heavy atom. The first-order valence-corrected chi connectivity index (χ1v) is 10.0. The molecule has 0 saturated carbocycles. The minimum Gasteiger partial charge on any atom is -0.237 e. The SMILES string of the molecule is O=S(=O)(c1ccccc1)N(Cc1ccc(F)c(Br)c1)c1nccs1. The summed E-state index contributed by atoms with van der Waals surface area (Å²) < 4.78 is 40.9. The molecule has 0 saturated heterocycles. The zero-order chi connectivity index (χ0) is 17.2. The largest absolute Gasteiger partial charge is 0.266 e. The molecule has 0 aliphatic carbocycles. The predicted octanol–water partition coefficient (Wildman–Crippen LogP) is 4.44. The molecule has 2 aromatic carbocycles. The van der Waals surface area contributed by atoms with Crippen LogP contribution in [0.25, 0.3) is 0 Å². The van der Waals surface area contributed by atoms with Crippen LogP contribution in [0.1, 0.15) is 5.56 Å². The van der Waals surface area contributed by atoms with Crippen molar-refractivity contribution in [3.63, 3.8) is 0 Å². The zero-order valence-electron chi connectivity index (χ0n) is 12.3. The number of rotatable bonds is 5. The van der Waals surface area contributed by atoms with Crippen molar-refractivity contribution in [2.24, 2.45) is 0 Å². The van der Waals surface area contributed by atoms with Crippen LogP contribution in [0.4, 0.5) is 9.52 Å². The molecule has 0 radical (unpaired) electrons. The standard InChI is InChI=1S/C16H12BrFN2O2S2/c17-14-10-12(6-7-15(14)18)11-20(16-19-8-9-23-16)24(21,22)13-4-2-1-3-5-13/h1-10H,11H2. The molecule has 0 amide bonds. The van der Waals surface area contributed by atoms with E-state index in [0.717, 1.165) is 0 Å². The van der Waals surface area contributed by atoms with E-state index in [-0.39, 0.29) is 15.9 Å². The van der Waals surface area contributed by atoms with Gasteiger partial charge in [-0.1, -0.05) is 24.3 Å². The van der Waals surface area contributed by atoms with Crippen LogP contribution >= 0.6 is 27.3 Å². The molecule has 24 heavy (non-hydrogen) atoms. The Morgan fingerprint density at radius 2 is 1.92 bits per heavy atom. The molecule has 124 valence electrons. The summed E-state index contributed by atoms with van der Waals surface area (Å²) in [5.41, 5.74) is 0.651. The second kappa shape index (κ2) is 7.00. The molecule has 1 heterocycles. The average Bonchev–Trinajstić information content (AvgIpc) is 3.10. The first-order valence-electron chi connectivity index (χ1n) is 6.90. The zero-order valence-corrected chi connectivity index (χ0v) is 15.5. The third-order valence-electron chi connectivity index (χ3n) is 3.27. The third-order valence-corrected chi connectivity index (χ3v) is 6.54. The molecule has 0 spiro atoms. The van der Waals surface area contributed by atoms with Gasteiger partial charge in [0.15, 0.2) is 5.13 Å². The second-order valence-corrected chi connectivity index (χ2v) is 8.48. The quantitative estimate of drug-likeness (QED) is 0.605. The Balaban J connectivity index is 2.03. The van der Waals surface area contributed by atoms with Crippen molar-refractivity contribution in [2.75, 3.05) is 4.31 Å². The van der Waals surface area contributed by atoms with Gasteiger partial charge in [0.1, 0.15) is 5.82 Å². The number of benzene rings is 2. The van der Waals surface area contributed by atoms with E-state index in [9.17, 15) is 12.8 Å². The Labute approximate surface area is 151 Å². The van der Waals surface area contributed by atoms with Gasteiger partial charge in [0.25, 0.3) is 10.0 Å². The highest BCUT2D eigenvalue weighted by Gasteiger charge is 2.27. The summed E-state index contributed by atoms with van der Waals surface area (Å²) in [5, 5.41) is 2.07. The molecular weight excluding hydrogens is 415 g/mol. The molecule has 0 atom stereocenters. The lowest BCUT2D eigenvalue weighted by atomic mass is 10.2. The minimum atomic E-state index is -3.77. The van der Waals surface area contributed by atoms with E-state index >= 15 is 0 Å². The number of thiazole rings is 1. The number of halogens is 2. The highest BCUT2D eigenvalue weighted by atomic mass is 79.9. The smallest absolute Gasteiger partial charge is 0.237 e. The summed E-state index contributed by atoms with van der Waals surface area (Å²) in [6.07, 6.45) is 1.55. The molecule has 3 rings (SSSR count). The fourth-order valence-electron chi connectivity index (χ4n) is 2.12. The summed E-state index contributed by atoms with van der Waals surface area (Å²) in [6, 6.07) is 12.6. The van der Waals surface area contributed by atoms with Crippen molar-refractivity contribution in [3.05, 3.63) is 76.0 Å². The van der Waals surface area contributed by atoms with Crippen LogP contribution in [-0.4, -0.2) is 13.4 Å². The van der Waals surface area contributed by atoms with Crippen LogP contribution in [0, 0.1) is 5.82 Å². The molecule has 1 aromatic heterocycles. The minimum absolute atomic E-state index is 0.0591. The fraction of sp³-hybridized carbons (Fsp3) is 0.0625. The Hall–Kier alpha value is -1.77. The summed E-state index contributed by atoms with van der Waals surface area (Å²) in [7, 11) is -3.77. The molecular formula is C16H12BrFN2O2S2. The lowest BCUT2D eigenvalue weighted by Gasteiger charge is -2.22. The van der Waals surface area contributed by atoms with Gasteiger partial charge in [-0.3, -0.25) is 0 Å². The van der Waals surface area contributed by atoms with Crippen molar-refractivity contribution >= 4 is 42.4 Å². The maximum absolute atomic E-state index is 13.4. The Bertz CT molecular complexity index is 932. The normalized spacial score (nSPS) is 11.4. The van der Waals surface area contributed by atoms with E-state index < -0.39 is 15.8 Å². The molecule has 0 fully saturated rings. The molecule has 3 aromatic rings. The number of hydrogen-bond donors (Lipinski definition) is 0. The summed E-state index contributed by atoms with van der Waals surface area (Å²) in [5.74, 6) is -0.398. The number of hydrogen-bond acceptors (Lipinski definition) is 4. The molecule has 0 aliphatic rings. The monoisotopic (exact) mass is 426 g/mol. The topological polar surface area (TPSA) is 50.3 Å². The van der Waals surface area contributed by atoms with Crippen LogP contribution < -0.4 is 4.31 Å². The average molecular weight is 427 g/mol. The number of sulfonamides is 1. The maximum Gasteiger partial charge on any atom is 0.266 e. The van der Waals surface area contributed by atoms with Crippen molar-refractivity contribution in [1.82, 2.24) is 4.98 Å². The molecule has 0 bridgehead atoms. The lowest BCUT2D eigenvalue weighted by molar-refractivity contribution is 0.590. The van der Waals surface area contributed by atoms with Gasteiger partial charge in [-0.25, -0.2) is 22.1 Å². The van der Waals surface area contributed by atoms with E-state index in [1.807, 2.05) is 0 Å². The number of anilines is 1. The Morgan fingerprint density at radius 1 is 1.17 bits per heavy atom. The van der Waals surface area contributed by atoms with Crippen LogP contribution in [0.5, 0.6) is 0 Å². The van der Waals surface area contributed by atoms with Crippen molar-refractivity contribution in [2.45, 2.75) is 11.4 Å². The second-order valence-electron chi connectivity index (χ2n) is 4.89. The molecule has 4 nitrogen and oxygen atoms in total. The van der Waals surface area contributed by atoms with Gasteiger partial charge >= 0.3 is 0 Å².